The largest absolute Gasteiger partial charge is 0.488 e. The number of amides is 1. The molecule has 47 heavy (non-hydrogen) atoms. The van der Waals surface area contributed by atoms with Crippen molar-refractivity contribution in [3.8, 4) is 16.9 Å². The van der Waals surface area contributed by atoms with Crippen LogP contribution in [0, 0.1) is 0 Å². The third kappa shape index (κ3) is 8.44. The van der Waals surface area contributed by atoms with Crippen LogP contribution in [0.25, 0.3) is 11.1 Å². The van der Waals surface area contributed by atoms with Gasteiger partial charge in [0.25, 0.3) is 5.91 Å². The predicted molar refractivity (Wildman–Crippen MR) is 181 cm³/mol. The van der Waals surface area contributed by atoms with E-state index in [0.29, 0.717) is 30.2 Å². The van der Waals surface area contributed by atoms with Crippen molar-refractivity contribution in [1.82, 2.24) is 10.2 Å². The van der Waals surface area contributed by atoms with Crippen molar-refractivity contribution in [3.63, 3.8) is 0 Å². The SMILES string of the molecule is O=C(NCCCCN1CCC(c2ccc3c(c2OCc2ccccc2)CCCC3)CC1)c1ccc(-c2ccc(C(F)(F)F)cc2)cc1. The summed E-state index contributed by atoms with van der Waals surface area (Å²) in [6.07, 6.45) is 4.55. The Bertz CT molecular complexity index is 1610. The number of rotatable bonds is 11. The fourth-order valence-corrected chi connectivity index (χ4v) is 6.93. The van der Waals surface area contributed by atoms with E-state index in [4.69, 9.17) is 4.74 Å². The summed E-state index contributed by atoms with van der Waals surface area (Å²) in [7, 11) is 0. The minimum atomic E-state index is -4.36. The second kappa shape index (κ2) is 15.2. The Morgan fingerprint density at radius 1 is 0.809 bits per heavy atom. The maximum absolute atomic E-state index is 12.8. The Morgan fingerprint density at radius 3 is 2.19 bits per heavy atom. The van der Waals surface area contributed by atoms with Gasteiger partial charge in [0.2, 0.25) is 0 Å². The lowest BCUT2D eigenvalue weighted by Crippen LogP contribution is -2.34. The summed E-state index contributed by atoms with van der Waals surface area (Å²) in [6, 6.07) is 27.2. The molecule has 2 aliphatic rings. The molecule has 0 aromatic heterocycles. The van der Waals surface area contributed by atoms with E-state index in [-0.39, 0.29) is 5.91 Å². The van der Waals surface area contributed by atoms with Crippen molar-refractivity contribution in [2.75, 3.05) is 26.2 Å². The molecule has 1 aliphatic heterocycles. The number of piperidine rings is 1. The van der Waals surface area contributed by atoms with Gasteiger partial charge in [0, 0.05) is 12.1 Å². The molecule has 1 heterocycles. The number of nitrogens with zero attached hydrogens (tertiary/aromatic N) is 1. The van der Waals surface area contributed by atoms with Crippen LogP contribution in [0.3, 0.4) is 0 Å². The highest BCUT2D eigenvalue weighted by molar-refractivity contribution is 5.94. The molecule has 0 saturated carbocycles. The van der Waals surface area contributed by atoms with Crippen LogP contribution >= 0.6 is 0 Å². The first-order valence-electron chi connectivity index (χ1n) is 16.9. The number of carbonyl (C=O) groups excluding carboxylic acids is 1. The molecule has 0 unspecified atom stereocenters. The molecule has 1 saturated heterocycles. The molecule has 0 bridgehead atoms. The Balaban J connectivity index is 0.940. The lowest BCUT2D eigenvalue weighted by atomic mass is 9.83. The maximum Gasteiger partial charge on any atom is 0.416 e. The molecule has 6 rings (SSSR count). The number of carbonyl (C=O) groups is 1. The summed E-state index contributed by atoms with van der Waals surface area (Å²) in [5.74, 6) is 1.52. The van der Waals surface area contributed by atoms with Crippen molar-refractivity contribution in [3.05, 3.63) is 124 Å². The van der Waals surface area contributed by atoms with Gasteiger partial charge < -0.3 is 15.0 Å². The number of unbranched alkanes of at least 4 members (excludes halogenated alkanes) is 1. The van der Waals surface area contributed by atoms with Crippen LogP contribution < -0.4 is 10.1 Å². The number of halogens is 3. The average Bonchev–Trinajstić information content (AvgIpc) is 3.11. The number of ether oxygens (including phenoxy) is 1. The molecule has 246 valence electrons. The normalized spacial score (nSPS) is 15.6. The van der Waals surface area contributed by atoms with Crippen LogP contribution in [0.2, 0.25) is 0 Å². The number of hydrogen-bond donors (Lipinski definition) is 1. The van der Waals surface area contributed by atoms with E-state index in [1.807, 2.05) is 6.07 Å². The minimum Gasteiger partial charge on any atom is -0.488 e. The highest BCUT2D eigenvalue weighted by Gasteiger charge is 2.30. The van der Waals surface area contributed by atoms with Gasteiger partial charge in [-0.05, 0) is 135 Å². The number of fused-ring (bicyclic) bond motifs is 1. The highest BCUT2D eigenvalue weighted by atomic mass is 19.4. The fourth-order valence-electron chi connectivity index (χ4n) is 6.93. The highest BCUT2D eigenvalue weighted by Crippen LogP contribution is 2.41. The summed E-state index contributed by atoms with van der Waals surface area (Å²) in [5.41, 5.74) is 6.79. The van der Waals surface area contributed by atoms with E-state index < -0.39 is 11.7 Å². The van der Waals surface area contributed by atoms with Gasteiger partial charge >= 0.3 is 6.18 Å². The lowest BCUT2D eigenvalue weighted by molar-refractivity contribution is -0.137. The first kappa shape index (κ1) is 32.8. The number of likely N-dealkylation sites (tertiary alicyclic amines) is 1. The van der Waals surface area contributed by atoms with Crippen LogP contribution in [0.4, 0.5) is 13.2 Å². The zero-order valence-electron chi connectivity index (χ0n) is 26.8. The monoisotopic (exact) mass is 640 g/mol. The molecule has 0 atom stereocenters. The Kier molecular flexibility index (Phi) is 10.6. The van der Waals surface area contributed by atoms with Crippen molar-refractivity contribution >= 4 is 5.91 Å². The second-order valence-corrected chi connectivity index (χ2v) is 12.8. The van der Waals surface area contributed by atoms with Crippen LogP contribution in [-0.4, -0.2) is 37.0 Å². The molecule has 0 spiro atoms. The van der Waals surface area contributed by atoms with E-state index in [0.717, 1.165) is 81.6 Å². The Morgan fingerprint density at radius 2 is 1.49 bits per heavy atom. The number of alkyl halides is 3. The topological polar surface area (TPSA) is 41.6 Å². The Labute approximate surface area is 276 Å². The molecule has 4 nitrogen and oxygen atoms in total. The van der Waals surface area contributed by atoms with Gasteiger partial charge in [-0.25, -0.2) is 0 Å². The quantitative estimate of drug-likeness (QED) is 0.166. The number of benzene rings is 4. The molecule has 1 aliphatic carbocycles. The van der Waals surface area contributed by atoms with Gasteiger partial charge in [0.15, 0.2) is 0 Å². The molecular formula is C40H43F3N2O2. The van der Waals surface area contributed by atoms with E-state index in [9.17, 15) is 18.0 Å². The van der Waals surface area contributed by atoms with Crippen molar-refractivity contribution in [1.29, 1.82) is 0 Å². The first-order chi connectivity index (χ1) is 22.8. The molecule has 7 heteroatoms. The molecule has 0 radical (unpaired) electrons. The predicted octanol–water partition coefficient (Wildman–Crippen LogP) is 9.22. The van der Waals surface area contributed by atoms with E-state index in [2.05, 4.69) is 46.6 Å². The van der Waals surface area contributed by atoms with Gasteiger partial charge in [-0.15, -0.1) is 0 Å². The van der Waals surface area contributed by atoms with Gasteiger partial charge in [-0.1, -0.05) is 66.7 Å². The molecular weight excluding hydrogens is 597 g/mol. The first-order valence-corrected chi connectivity index (χ1v) is 16.9. The average molecular weight is 641 g/mol. The fraction of sp³-hybridized carbons (Fsp3) is 0.375. The molecule has 4 aromatic carbocycles. The van der Waals surface area contributed by atoms with Gasteiger partial charge in [0.05, 0.1) is 5.56 Å². The summed E-state index contributed by atoms with van der Waals surface area (Å²) in [4.78, 5) is 15.2. The molecule has 4 aromatic rings. The second-order valence-electron chi connectivity index (χ2n) is 12.8. The number of hydrogen-bond acceptors (Lipinski definition) is 3. The zero-order chi connectivity index (χ0) is 32.6. The third-order valence-corrected chi connectivity index (χ3v) is 9.64. The van der Waals surface area contributed by atoms with Gasteiger partial charge in [-0.2, -0.15) is 13.2 Å². The van der Waals surface area contributed by atoms with Crippen LogP contribution in [0.1, 0.15) is 82.6 Å². The van der Waals surface area contributed by atoms with Gasteiger partial charge in [-0.3, -0.25) is 4.79 Å². The van der Waals surface area contributed by atoms with Crippen LogP contribution in [-0.2, 0) is 25.6 Å². The zero-order valence-corrected chi connectivity index (χ0v) is 26.8. The number of nitrogens with one attached hydrogen (secondary N) is 1. The van der Waals surface area contributed by atoms with Crippen LogP contribution in [0.15, 0.2) is 91.0 Å². The standard InChI is InChI=1S/C40H43F3N2O2/c41-40(42,43)35-19-16-31(17-20-35)30-12-14-34(15-13-30)39(46)44-24-6-7-25-45-26-22-33(23-27-45)37-21-18-32-10-4-5-11-36(32)38(37)47-28-29-8-2-1-3-9-29/h1-3,8-9,12-21,33H,4-7,10-11,22-28H2,(H,44,46). The van der Waals surface area contributed by atoms with E-state index in [1.54, 1.807) is 24.3 Å². The van der Waals surface area contributed by atoms with E-state index >= 15 is 0 Å². The summed E-state index contributed by atoms with van der Waals surface area (Å²) < 4.78 is 45.2. The van der Waals surface area contributed by atoms with Crippen LogP contribution in [0.5, 0.6) is 5.75 Å². The van der Waals surface area contributed by atoms with E-state index in [1.165, 1.54) is 47.2 Å². The smallest absolute Gasteiger partial charge is 0.416 e. The summed E-state index contributed by atoms with van der Waals surface area (Å²) >= 11 is 0. The van der Waals surface area contributed by atoms with Crippen molar-refractivity contribution < 1.29 is 22.7 Å². The lowest BCUT2D eigenvalue weighted by Gasteiger charge is -2.34. The molecule has 1 N–H and O–H groups in total. The van der Waals surface area contributed by atoms with Gasteiger partial charge in [0.1, 0.15) is 12.4 Å². The Hall–Kier alpha value is -4.10. The number of aryl methyl sites for hydroxylation is 1. The van der Waals surface area contributed by atoms with Crippen molar-refractivity contribution in [2.24, 2.45) is 0 Å². The third-order valence-electron chi connectivity index (χ3n) is 9.64. The maximum atomic E-state index is 12.8. The molecule has 1 fully saturated rings. The van der Waals surface area contributed by atoms with Crippen molar-refractivity contribution in [2.45, 2.75) is 70.1 Å². The summed E-state index contributed by atoms with van der Waals surface area (Å²) in [6.45, 7) is 4.36. The summed E-state index contributed by atoms with van der Waals surface area (Å²) in [5, 5.41) is 3.01. The molecule has 1 amide bonds. The minimum absolute atomic E-state index is 0.139.